The third-order valence-electron chi connectivity index (χ3n) is 3.90. The third-order valence-corrected chi connectivity index (χ3v) is 3.90. The number of carbonyl (C=O) groups is 1. The van der Waals surface area contributed by atoms with Gasteiger partial charge in [-0.2, -0.15) is 0 Å². The van der Waals surface area contributed by atoms with E-state index in [1.54, 1.807) is 43.8 Å². The first-order chi connectivity index (χ1) is 13.6. The van der Waals surface area contributed by atoms with Gasteiger partial charge in [-0.15, -0.1) is 0 Å². The molecule has 0 radical (unpaired) electrons. The lowest BCUT2D eigenvalue weighted by Gasteiger charge is -2.11. The van der Waals surface area contributed by atoms with E-state index < -0.39 is 0 Å². The molecule has 28 heavy (non-hydrogen) atoms. The van der Waals surface area contributed by atoms with Crippen LogP contribution in [0.15, 0.2) is 48.8 Å². The van der Waals surface area contributed by atoms with Gasteiger partial charge in [-0.25, -0.2) is 9.97 Å². The van der Waals surface area contributed by atoms with Gasteiger partial charge in [-0.05, 0) is 36.8 Å². The molecule has 2 heterocycles. The molecule has 8 nitrogen and oxygen atoms in total. The molecule has 1 aromatic carbocycles. The van der Waals surface area contributed by atoms with E-state index >= 15 is 0 Å². The van der Waals surface area contributed by atoms with E-state index in [2.05, 4.69) is 25.6 Å². The van der Waals surface area contributed by atoms with Crippen LogP contribution in [0.1, 0.15) is 21.7 Å². The zero-order valence-electron chi connectivity index (χ0n) is 15.9. The highest BCUT2D eigenvalue weighted by Crippen LogP contribution is 2.29. The topological polar surface area (TPSA) is 98.3 Å². The summed E-state index contributed by atoms with van der Waals surface area (Å²) < 4.78 is 10.5. The number of nitrogens with zero attached hydrogens (tertiary/aromatic N) is 3. The molecule has 8 heteroatoms. The molecule has 0 saturated heterocycles. The summed E-state index contributed by atoms with van der Waals surface area (Å²) >= 11 is 0. The molecular weight excluding hydrogens is 358 g/mol. The molecule has 0 aliphatic rings. The summed E-state index contributed by atoms with van der Waals surface area (Å²) in [5.74, 6) is 1.14. The van der Waals surface area contributed by atoms with Crippen molar-refractivity contribution >= 4 is 17.5 Å². The fourth-order valence-corrected chi connectivity index (χ4v) is 2.56. The number of nitrogens with one attached hydrogen (secondary N) is 2. The minimum Gasteiger partial charge on any atom is -0.493 e. The fourth-order valence-electron chi connectivity index (χ4n) is 2.56. The zero-order valence-corrected chi connectivity index (χ0v) is 15.9. The largest absolute Gasteiger partial charge is 0.493 e. The maximum atomic E-state index is 12.6. The van der Waals surface area contributed by atoms with Crippen molar-refractivity contribution in [3.05, 3.63) is 65.7 Å². The monoisotopic (exact) mass is 379 g/mol. The van der Waals surface area contributed by atoms with E-state index in [1.165, 1.54) is 7.11 Å². The van der Waals surface area contributed by atoms with Gasteiger partial charge in [-0.1, -0.05) is 6.07 Å². The van der Waals surface area contributed by atoms with Gasteiger partial charge in [0, 0.05) is 36.4 Å². The number of rotatable bonds is 7. The Hall–Kier alpha value is -3.68. The number of methoxy groups -OCH3 is 2. The summed E-state index contributed by atoms with van der Waals surface area (Å²) in [6.45, 7) is 2.32. The first-order valence-electron chi connectivity index (χ1n) is 8.61. The molecule has 3 rings (SSSR count). The van der Waals surface area contributed by atoms with E-state index in [0.29, 0.717) is 35.4 Å². The molecule has 2 aromatic heterocycles. The van der Waals surface area contributed by atoms with Crippen LogP contribution in [0.25, 0.3) is 0 Å². The van der Waals surface area contributed by atoms with E-state index in [-0.39, 0.29) is 11.6 Å². The van der Waals surface area contributed by atoms with Gasteiger partial charge >= 0.3 is 0 Å². The Bertz CT molecular complexity index is 963. The van der Waals surface area contributed by atoms with Crippen molar-refractivity contribution in [2.45, 2.75) is 13.5 Å². The highest BCUT2D eigenvalue weighted by Gasteiger charge is 2.13. The summed E-state index contributed by atoms with van der Waals surface area (Å²) in [5, 5.41) is 5.93. The molecule has 0 atom stereocenters. The van der Waals surface area contributed by atoms with Gasteiger partial charge in [0.05, 0.1) is 14.2 Å². The number of carbonyl (C=O) groups excluding carboxylic acids is 1. The lowest BCUT2D eigenvalue weighted by Crippen LogP contribution is -2.16. The van der Waals surface area contributed by atoms with Gasteiger partial charge in [0.2, 0.25) is 5.95 Å². The van der Waals surface area contributed by atoms with Gasteiger partial charge in [0.25, 0.3) is 5.91 Å². The van der Waals surface area contributed by atoms with Crippen LogP contribution in [0, 0.1) is 6.92 Å². The second-order valence-corrected chi connectivity index (χ2v) is 5.96. The average Bonchev–Trinajstić information content (AvgIpc) is 2.72. The molecule has 1 amide bonds. The number of aryl methyl sites for hydroxylation is 1. The fraction of sp³-hybridized carbons (Fsp3) is 0.200. The van der Waals surface area contributed by atoms with Crippen LogP contribution in [-0.4, -0.2) is 35.1 Å². The number of amides is 1. The van der Waals surface area contributed by atoms with Crippen molar-refractivity contribution in [2.75, 3.05) is 24.9 Å². The Morgan fingerprint density at radius 3 is 2.61 bits per heavy atom. The predicted octanol–water partition coefficient (Wildman–Crippen LogP) is 3.06. The van der Waals surface area contributed by atoms with E-state index in [0.717, 1.165) is 5.56 Å². The van der Waals surface area contributed by atoms with Crippen molar-refractivity contribution < 1.29 is 14.3 Å². The van der Waals surface area contributed by atoms with E-state index in [4.69, 9.17) is 9.47 Å². The quantitative estimate of drug-likeness (QED) is 0.651. The molecule has 3 aromatic rings. The number of hydrogen-bond acceptors (Lipinski definition) is 7. The maximum Gasteiger partial charge on any atom is 0.274 e. The number of pyridine rings is 1. The number of ether oxygens (including phenoxy) is 2. The summed E-state index contributed by atoms with van der Waals surface area (Å²) in [4.78, 5) is 25.3. The number of aromatic nitrogens is 3. The second-order valence-electron chi connectivity index (χ2n) is 5.96. The Labute approximate surface area is 163 Å². The number of anilines is 2. The maximum absolute atomic E-state index is 12.6. The second kappa shape index (κ2) is 8.81. The molecule has 0 bridgehead atoms. The first-order valence-corrected chi connectivity index (χ1v) is 8.61. The summed E-state index contributed by atoms with van der Waals surface area (Å²) in [5.41, 5.74) is 2.50. The Balaban J connectivity index is 1.74. The van der Waals surface area contributed by atoms with Gasteiger partial charge in [-0.3, -0.25) is 9.78 Å². The van der Waals surface area contributed by atoms with Crippen LogP contribution in [0.3, 0.4) is 0 Å². The van der Waals surface area contributed by atoms with E-state index in [1.807, 2.05) is 19.1 Å². The standard InChI is InChI=1S/C20H21N5O3/c1-13-9-16(25-20(23-13)22-12-14-5-4-8-21-11-14)19(26)24-15-6-7-17(27-2)18(10-15)28-3/h4-11H,12H2,1-3H3,(H,24,26)(H,22,23,25). The molecular formula is C20H21N5O3. The molecule has 0 fully saturated rings. The lowest BCUT2D eigenvalue weighted by atomic mass is 10.2. The van der Waals surface area contributed by atoms with Crippen LogP contribution < -0.4 is 20.1 Å². The van der Waals surface area contributed by atoms with Crippen molar-refractivity contribution in [3.63, 3.8) is 0 Å². The van der Waals surface area contributed by atoms with E-state index in [9.17, 15) is 4.79 Å². The molecule has 144 valence electrons. The minimum atomic E-state index is -0.345. The average molecular weight is 379 g/mol. The van der Waals surface area contributed by atoms with Crippen LogP contribution >= 0.6 is 0 Å². The van der Waals surface area contributed by atoms with Crippen molar-refractivity contribution in [1.82, 2.24) is 15.0 Å². The Morgan fingerprint density at radius 1 is 1.07 bits per heavy atom. The van der Waals surface area contributed by atoms with Gasteiger partial charge < -0.3 is 20.1 Å². The molecule has 0 spiro atoms. The van der Waals surface area contributed by atoms with Crippen LogP contribution in [0.5, 0.6) is 11.5 Å². The highest BCUT2D eigenvalue weighted by atomic mass is 16.5. The van der Waals surface area contributed by atoms with Crippen molar-refractivity contribution in [1.29, 1.82) is 0 Å². The first kappa shape index (κ1) is 19.1. The molecule has 0 unspecified atom stereocenters. The SMILES string of the molecule is COc1ccc(NC(=O)c2cc(C)nc(NCc3cccnc3)n2)cc1OC. The molecule has 0 saturated carbocycles. The molecule has 0 aliphatic carbocycles. The number of benzene rings is 1. The van der Waals surface area contributed by atoms with Crippen LogP contribution in [0.4, 0.5) is 11.6 Å². The smallest absolute Gasteiger partial charge is 0.274 e. The Morgan fingerprint density at radius 2 is 1.89 bits per heavy atom. The third kappa shape index (κ3) is 4.73. The lowest BCUT2D eigenvalue weighted by molar-refractivity contribution is 0.102. The van der Waals surface area contributed by atoms with Gasteiger partial charge in [0.1, 0.15) is 5.69 Å². The summed E-state index contributed by atoms with van der Waals surface area (Å²) in [6.07, 6.45) is 3.47. The van der Waals surface area contributed by atoms with Crippen LogP contribution in [0.2, 0.25) is 0 Å². The van der Waals surface area contributed by atoms with Crippen LogP contribution in [-0.2, 0) is 6.54 Å². The summed E-state index contributed by atoms with van der Waals surface area (Å²) in [7, 11) is 3.09. The van der Waals surface area contributed by atoms with Gasteiger partial charge in [0.15, 0.2) is 11.5 Å². The van der Waals surface area contributed by atoms with Crippen molar-refractivity contribution in [2.24, 2.45) is 0 Å². The zero-order chi connectivity index (χ0) is 19.9. The normalized spacial score (nSPS) is 10.2. The summed E-state index contributed by atoms with van der Waals surface area (Å²) in [6, 6.07) is 10.6. The minimum absolute atomic E-state index is 0.260. The highest BCUT2D eigenvalue weighted by molar-refractivity contribution is 6.03. The predicted molar refractivity (Wildman–Crippen MR) is 106 cm³/mol. The Kier molecular flexibility index (Phi) is 6.01. The van der Waals surface area contributed by atoms with Crippen molar-refractivity contribution in [3.8, 4) is 11.5 Å². The molecule has 0 aliphatic heterocycles. The number of hydrogen-bond donors (Lipinski definition) is 2. The molecule has 2 N–H and O–H groups in total.